The van der Waals surface area contributed by atoms with Gasteiger partial charge in [0.05, 0.1) is 6.61 Å². The van der Waals surface area contributed by atoms with Crippen LogP contribution in [0.25, 0.3) is 6.08 Å². The van der Waals surface area contributed by atoms with Gasteiger partial charge in [0.2, 0.25) is 0 Å². The van der Waals surface area contributed by atoms with Crippen molar-refractivity contribution in [2.45, 2.75) is 86.9 Å². The molecule has 0 N–H and O–H groups in total. The van der Waals surface area contributed by atoms with E-state index in [2.05, 4.69) is 6.92 Å². The van der Waals surface area contributed by atoms with Gasteiger partial charge in [-0.3, -0.25) is 4.79 Å². The summed E-state index contributed by atoms with van der Waals surface area (Å²) in [7, 11) is 0. The lowest BCUT2D eigenvalue weighted by atomic mass is 10.0. The van der Waals surface area contributed by atoms with E-state index in [4.69, 9.17) is 14.2 Å². The Bertz CT molecular complexity index is 1070. The number of benzene rings is 2. The van der Waals surface area contributed by atoms with Crippen LogP contribution in [0.15, 0.2) is 30.3 Å². The van der Waals surface area contributed by atoms with Crippen LogP contribution in [0, 0.1) is 27.7 Å². The Morgan fingerprint density at radius 1 is 0.829 bits per heavy atom. The Labute approximate surface area is 210 Å². The molecule has 0 saturated heterocycles. The minimum absolute atomic E-state index is 0.0695. The van der Waals surface area contributed by atoms with Crippen molar-refractivity contribution in [3.8, 4) is 11.5 Å². The van der Waals surface area contributed by atoms with E-state index in [1.54, 1.807) is 26.0 Å². The van der Waals surface area contributed by atoms with Crippen LogP contribution in [0.2, 0.25) is 0 Å². The van der Waals surface area contributed by atoms with E-state index in [0.717, 1.165) is 40.0 Å². The molecule has 0 amide bonds. The van der Waals surface area contributed by atoms with Crippen LogP contribution < -0.4 is 9.47 Å². The molecule has 0 aromatic heterocycles. The van der Waals surface area contributed by atoms with Gasteiger partial charge in [0.15, 0.2) is 11.4 Å². The minimum atomic E-state index is -1.14. The number of ether oxygens (including phenoxy) is 3. The van der Waals surface area contributed by atoms with Gasteiger partial charge < -0.3 is 14.2 Å². The van der Waals surface area contributed by atoms with E-state index in [0.29, 0.717) is 17.9 Å². The summed E-state index contributed by atoms with van der Waals surface area (Å²) in [5, 5.41) is 0. The van der Waals surface area contributed by atoms with Crippen LogP contribution in [-0.4, -0.2) is 29.6 Å². The molecule has 0 aliphatic rings. The summed E-state index contributed by atoms with van der Waals surface area (Å²) in [6.45, 7) is 19.4. The molecule has 5 nitrogen and oxygen atoms in total. The Balaban J connectivity index is 2.22. The fourth-order valence-electron chi connectivity index (χ4n) is 3.73. The molecule has 2 aromatic rings. The van der Waals surface area contributed by atoms with Gasteiger partial charge in [-0.2, -0.15) is 0 Å². The summed E-state index contributed by atoms with van der Waals surface area (Å²) in [4.78, 5) is 25.5. The van der Waals surface area contributed by atoms with Gasteiger partial charge >= 0.3 is 5.97 Å². The summed E-state index contributed by atoms with van der Waals surface area (Å²) >= 11 is 0. The van der Waals surface area contributed by atoms with Gasteiger partial charge in [-0.25, -0.2) is 4.79 Å². The average molecular weight is 481 g/mol. The van der Waals surface area contributed by atoms with Crippen molar-refractivity contribution in [1.29, 1.82) is 0 Å². The van der Waals surface area contributed by atoms with Crippen molar-refractivity contribution in [2.24, 2.45) is 0 Å². The molecule has 2 aromatic carbocycles. The lowest BCUT2D eigenvalue weighted by molar-refractivity contribution is -0.171. The highest BCUT2D eigenvalue weighted by atomic mass is 16.6. The van der Waals surface area contributed by atoms with E-state index >= 15 is 0 Å². The molecule has 35 heavy (non-hydrogen) atoms. The van der Waals surface area contributed by atoms with Crippen molar-refractivity contribution in [3.05, 3.63) is 63.7 Å². The maximum absolute atomic E-state index is 12.9. The first-order chi connectivity index (χ1) is 16.1. The van der Waals surface area contributed by atoms with Gasteiger partial charge in [0.25, 0.3) is 0 Å². The minimum Gasteiger partial charge on any atom is -0.493 e. The summed E-state index contributed by atoms with van der Waals surface area (Å²) in [5.74, 6) is 0.997. The number of hydrogen-bond acceptors (Lipinski definition) is 5. The van der Waals surface area contributed by atoms with Crippen molar-refractivity contribution >= 4 is 17.8 Å². The highest BCUT2D eigenvalue weighted by molar-refractivity contribution is 6.07. The third-order valence-corrected chi connectivity index (χ3v) is 5.35. The first-order valence-electron chi connectivity index (χ1n) is 12.1. The van der Waals surface area contributed by atoms with Gasteiger partial charge in [-0.1, -0.05) is 13.0 Å². The fourth-order valence-corrected chi connectivity index (χ4v) is 3.73. The van der Waals surface area contributed by atoms with E-state index in [1.807, 2.05) is 72.7 Å². The Morgan fingerprint density at radius 3 is 1.83 bits per heavy atom. The Morgan fingerprint density at radius 2 is 1.34 bits per heavy atom. The van der Waals surface area contributed by atoms with Crippen molar-refractivity contribution in [3.63, 3.8) is 0 Å². The predicted octanol–water partition coefficient (Wildman–Crippen LogP) is 7.10. The zero-order chi connectivity index (χ0) is 26.6. The first kappa shape index (κ1) is 28.2. The van der Waals surface area contributed by atoms with Crippen LogP contribution in [0.1, 0.15) is 86.1 Å². The zero-order valence-corrected chi connectivity index (χ0v) is 22.9. The number of allylic oxidation sites excluding steroid dienone is 1. The van der Waals surface area contributed by atoms with Gasteiger partial charge in [-0.15, -0.1) is 0 Å². The van der Waals surface area contributed by atoms with E-state index < -0.39 is 17.2 Å². The number of rotatable bonds is 9. The monoisotopic (exact) mass is 480 g/mol. The maximum Gasteiger partial charge on any atom is 0.350 e. The number of esters is 1. The second-order valence-corrected chi connectivity index (χ2v) is 10.6. The average Bonchev–Trinajstić information content (AvgIpc) is 2.72. The molecule has 5 heteroatoms. The molecule has 0 aliphatic carbocycles. The number of carbonyl (C=O) groups excluding carboxylic acids is 2. The summed E-state index contributed by atoms with van der Waals surface area (Å²) in [6.07, 6.45) is 4.32. The molecule has 190 valence electrons. The van der Waals surface area contributed by atoms with Gasteiger partial charge in [-0.05, 0) is 127 Å². The third kappa shape index (κ3) is 7.71. The molecule has 0 fully saturated rings. The highest BCUT2D eigenvalue weighted by Crippen LogP contribution is 2.30. The number of carbonyl (C=O) groups is 2. The molecule has 0 bridgehead atoms. The standard InChI is InChI=1S/C30H40O5/c1-11-14-33-26-21(4)17-24(18-22(26)5)25(31)13-12-23-15-19(2)27(20(3)16-23)34-30(9,10)28(32)35-29(6,7)8/h12-13,15-18H,11,14H2,1-10H3. The largest absolute Gasteiger partial charge is 0.493 e. The maximum atomic E-state index is 12.9. The molecule has 0 radical (unpaired) electrons. The number of hydrogen-bond donors (Lipinski definition) is 0. The Kier molecular flexibility index (Phi) is 8.94. The van der Waals surface area contributed by atoms with Crippen molar-refractivity contribution in [2.75, 3.05) is 6.61 Å². The van der Waals surface area contributed by atoms with Crippen molar-refractivity contribution < 1.29 is 23.8 Å². The summed E-state index contributed by atoms with van der Waals surface area (Å²) < 4.78 is 17.4. The second kappa shape index (κ2) is 11.1. The Hall–Kier alpha value is -3.08. The van der Waals surface area contributed by atoms with Crippen LogP contribution >= 0.6 is 0 Å². The molecule has 0 atom stereocenters. The molecular weight excluding hydrogens is 440 g/mol. The van der Waals surface area contributed by atoms with Crippen LogP contribution in [0.4, 0.5) is 0 Å². The molecule has 2 rings (SSSR count). The topological polar surface area (TPSA) is 61.8 Å². The molecule has 0 heterocycles. The van der Waals surface area contributed by atoms with Crippen molar-refractivity contribution in [1.82, 2.24) is 0 Å². The molecular formula is C30H40O5. The number of ketones is 1. The van der Waals surface area contributed by atoms with Crippen LogP contribution in [0.5, 0.6) is 11.5 Å². The molecule has 0 unspecified atom stereocenters. The lowest BCUT2D eigenvalue weighted by Gasteiger charge is -2.30. The summed E-state index contributed by atoms with van der Waals surface area (Å²) in [5.41, 5.74) is 3.43. The predicted molar refractivity (Wildman–Crippen MR) is 142 cm³/mol. The van der Waals surface area contributed by atoms with Gasteiger partial charge in [0.1, 0.15) is 17.1 Å². The fraction of sp³-hybridized carbons (Fsp3) is 0.467. The first-order valence-corrected chi connectivity index (χ1v) is 12.1. The third-order valence-electron chi connectivity index (χ3n) is 5.35. The van der Waals surface area contributed by atoms with Gasteiger partial charge in [0, 0.05) is 5.56 Å². The molecule has 0 saturated carbocycles. The lowest BCUT2D eigenvalue weighted by Crippen LogP contribution is -2.43. The smallest absolute Gasteiger partial charge is 0.350 e. The zero-order valence-electron chi connectivity index (χ0n) is 22.9. The SMILES string of the molecule is CCCOc1c(C)cc(C(=O)C=Cc2cc(C)c(OC(C)(C)C(=O)OC(C)(C)C)c(C)c2)cc1C. The quantitative estimate of drug-likeness (QED) is 0.217. The molecule has 0 spiro atoms. The summed E-state index contributed by atoms with van der Waals surface area (Å²) in [6, 6.07) is 7.62. The van der Waals surface area contributed by atoms with E-state index in [1.165, 1.54) is 0 Å². The second-order valence-electron chi connectivity index (χ2n) is 10.6. The normalized spacial score (nSPS) is 12.1. The number of aryl methyl sites for hydroxylation is 4. The van der Waals surface area contributed by atoms with Crippen LogP contribution in [0.3, 0.4) is 0 Å². The van der Waals surface area contributed by atoms with Crippen LogP contribution in [-0.2, 0) is 9.53 Å². The highest BCUT2D eigenvalue weighted by Gasteiger charge is 2.35. The van der Waals surface area contributed by atoms with E-state index in [-0.39, 0.29) is 5.78 Å². The van der Waals surface area contributed by atoms with E-state index in [9.17, 15) is 9.59 Å². The molecule has 0 aliphatic heterocycles.